The summed E-state index contributed by atoms with van der Waals surface area (Å²) in [5.74, 6) is 1.85. The number of hydrogen-bond donors (Lipinski definition) is 2. The highest BCUT2D eigenvalue weighted by atomic mass is 32.1. The molecule has 0 aliphatic carbocycles. The smallest absolute Gasteiger partial charge is 0.191 e. The highest BCUT2D eigenvalue weighted by Gasteiger charge is 2.12. The van der Waals surface area contributed by atoms with Crippen LogP contribution < -0.4 is 10.6 Å². The van der Waals surface area contributed by atoms with E-state index in [0.717, 1.165) is 63.9 Å². The number of ether oxygens (including phenoxy) is 1. The van der Waals surface area contributed by atoms with Gasteiger partial charge in [0.15, 0.2) is 5.96 Å². The quantitative estimate of drug-likeness (QED) is 0.330. The monoisotopic (exact) mass is 392 g/mol. The van der Waals surface area contributed by atoms with Crippen LogP contribution in [0.25, 0.3) is 0 Å². The second kappa shape index (κ2) is 12.5. The molecule has 0 aliphatic rings. The van der Waals surface area contributed by atoms with E-state index in [-0.39, 0.29) is 6.04 Å². The Balaban J connectivity index is 1.92. The Morgan fingerprint density at radius 1 is 1.37 bits per heavy atom. The third-order valence-electron chi connectivity index (χ3n) is 4.18. The number of nitrogens with one attached hydrogen (secondary N) is 2. The molecule has 2 aromatic heterocycles. The molecular formula is C19H32N6OS. The molecule has 1 unspecified atom stereocenters. The van der Waals surface area contributed by atoms with Crippen molar-refractivity contribution in [2.75, 3.05) is 26.3 Å². The number of guanidine groups is 1. The van der Waals surface area contributed by atoms with E-state index >= 15 is 0 Å². The molecule has 0 radical (unpaired) electrons. The van der Waals surface area contributed by atoms with Crippen molar-refractivity contribution in [2.24, 2.45) is 4.99 Å². The highest BCUT2D eigenvalue weighted by molar-refractivity contribution is 7.10. The average Bonchev–Trinajstić information content (AvgIpc) is 3.37. The Kier molecular flexibility index (Phi) is 9.86. The van der Waals surface area contributed by atoms with Gasteiger partial charge in [-0.1, -0.05) is 19.9 Å². The number of aromatic nitrogens is 3. The minimum absolute atomic E-state index is 0.268. The van der Waals surface area contributed by atoms with Crippen molar-refractivity contribution in [3.8, 4) is 0 Å². The molecule has 0 spiro atoms. The summed E-state index contributed by atoms with van der Waals surface area (Å²) in [5, 5.41) is 17.3. The second-order valence-corrected chi connectivity index (χ2v) is 7.10. The van der Waals surface area contributed by atoms with Gasteiger partial charge in [-0.15, -0.1) is 21.5 Å². The topological polar surface area (TPSA) is 76.4 Å². The van der Waals surface area contributed by atoms with Crippen molar-refractivity contribution in [2.45, 2.75) is 52.6 Å². The summed E-state index contributed by atoms with van der Waals surface area (Å²) in [6, 6.07) is 4.53. The van der Waals surface area contributed by atoms with E-state index in [0.29, 0.717) is 0 Å². The van der Waals surface area contributed by atoms with Gasteiger partial charge in [0.25, 0.3) is 0 Å². The number of rotatable bonds is 12. The van der Waals surface area contributed by atoms with Crippen molar-refractivity contribution in [3.05, 3.63) is 34.5 Å². The molecule has 0 fully saturated rings. The molecule has 1 atom stereocenters. The van der Waals surface area contributed by atoms with Gasteiger partial charge in [0.2, 0.25) is 0 Å². The summed E-state index contributed by atoms with van der Waals surface area (Å²) < 4.78 is 7.49. The van der Waals surface area contributed by atoms with Gasteiger partial charge in [0, 0.05) is 44.1 Å². The van der Waals surface area contributed by atoms with Crippen LogP contribution in [0.2, 0.25) is 0 Å². The van der Waals surface area contributed by atoms with E-state index in [1.54, 1.807) is 17.7 Å². The van der Waals surface area contributed by atoms with Crippen LogP contribution in [0.15, 0.2) is 28.8 Å². The number of aryl methyl sites for hydroxylation is 1. The van der Waals surface area contributed by atoms with Crippen molar-refractivity contribution in [3.63, 3.8) is 0 Å². The summed E-state index contributed by atoms with van der Waals surface area (Å²) >= 11 is 1.77. The molecule has 0 amide bonds. The zero-order valence-electron chi connectivity index (χ0n) is 16.6. The van der Waals surface area contributed by atoms with Gasteiger partial charge in [0.1, 0.15) is 12.2 Å². The SMILES string of the molecule is CCOCCCN=C(NCCn1cnnc1CC)NC(CC)c1cccs1. The first kappa shape index (κ1) is 21.4. The van der Waals surface area contributed by atoms with E-state index in [1.807, 2.05) is 6.92 Å². The van der Waals surface area contributed by atoms with Crippen molar-refractivity contribution in [1.82, 2.24) is 25.4 Å². The fourth-order valence-electron chi connectivity index (χ4n) is 2.72. The first-order chi connectivity index (χ1) is 13.3. The summed E-state index contributed by atoms with van der Waals surface area (Å²) in [5.41, 5.74) is 0. The molecule has 0 aliphatic heterocycles. The molecule has 2 N–H and O–H groups in total. The fraction of sp³-hybridized carbons (Fsp3) is 0.632. The molecule has 2 rings (SSSR count). The van der Waals surface area contributed by atoms with Gasteiger partial charge in [-0.2, -0.15) is 0 Å². The minimum atomic E-state index is 0.268. The lowest BCUT2D eigenvalue weighted by atomic mass is 10.2. The lowest BCUT2D eigenvalue weighted by Crippen LogP contribution is -2.41. The average molecular weight is 393 g/mol. The van der Waals surface area contributed by atoms with E-state index in [9.17, 15) is 0 Å². The Morgan fingerprint density at radius 2 is 2.26 bits per heavy atom. The third kappa shape index (κ3) is 7.30. The van der Waals surface area contributed by atoms with Crippen LogP contribution in [-0.4, -0.2) is 47.0 Å². The summed E-state index contributed by atoms with van der Waals surface area (Å²) in [6.45, 7) is 10.1. The van der Waals surface area contributed by atoms with Gasteiger partial charge in [-0.05, 0) is 31.2 Å². The van der Waals surface area contributed by atoms with E-state index in [1.165, 1.54) is 4.88 Å². The molecule has 7 nitrogen and oxygen atoms in total. The predicted molar refractivity (Wildman–Crippen MR) is 111 cm³/mol. The Morgan fingerprint density at radius 3 is 2.96 bits per heavy atom. The highest BCUT2D eigenvalue weighted by Crippen LogP contribution is 2.21. The molecule has 2 heterocycles. The van der Waals surface area contributed by atoms with Gasteiger partial charge < -0.3 is 19.9 Å². The number of aliphatic imine (C=N–C) groups is 1. The number of thiophene rings is 1. The summed E-state index contributed by atoms with van der Waals surface area (Å²) in [6.07, 6.45) is 4.59. The van der Waals surface area contributed by atoms with Crippen LogP contribution in [0.1, 0.15) is 50.4 Å². The molecule has 27 heavy (non-hydrogen) atoms. The molecule has 0 saturated heterocycles. The van der Waals surface area contributed by atoms with Crippen LogP contribution in [0.5, 0.6) is 0 Å². The Bertz CT molecular complexity index is 655. The molecule has 0 bridgehead atoms. The molecular weight excluding hydrogens is 360 g/mol. The van der Waals surface area contributed by atoms with Crippen LogP contribution in [0, 0.1) is 0 Å². The predicted octanol–water partition coefficient (Wildman–Crippen LogP) is 3.02. The molecule has 0 saturated carbocycles. The molecule has 150 valence electrons. The Labute approximate surface area is 166 Å². The zero-order chi connectivity index (χ0) is 19.3. The largest absolute Gasteiger partial charge is 0.382 e. The van der Waals surface area contributed by atoms with Crippen molar-refractivity contribution >= 4 is 17.3 Å². The fourth-order valence-corrected chi connectivity index (χ4v) is 3.58. The standard InChI is InChI=1S/C19H32N6OS/c1-4-16(17-9-7-14-27-17)23-19(20-10-8-13-26-6-3)21-11-12-25-15-22-24-18(25)5-2/h7,9,14-16H,4-6,8,10-13H2,1-3H3,(H2,20,21,23). The van der Waals surface area contributed by atoms with E-state index in [4.69, 9.17) is 9.73 Å². The first-order valence-electron chi connectivity index (χ1n) is 9.81. The zero-order valence-corrected chi connectivity index (χ0v) is 17.5. The lowest BCUT2D eigenvalue weighted by molar-refractivity contribution is 0.146. The van der Waals surface area contributed by atoms with Crippen molar-refractivity contribution < 1.29 is 4.74 Å². The van der Waals surface area contributed by atoms with Gasteiger partial charge in [-0.3, -0.25) is 4.99 Å². The van der Waals surface area contributed by atoms with Gasteiger partial charge in [-0.25, -0.2) is 0 Å². The Hall–Kier alpha value is -1.93. The summed E-state index contributed by atoms with van der Waals surface area (Å²) in [4.78, 5) is 6.06. The molecule has 2 aromatic rings. The lowest BCUT2D eigenvalue weighted by Gasteiger charge is -2.20. The molecule has 0 aromatic carbocycles. The summed E-state index contributed by atoms with van der Waals surface area (Å²) in [7, 11) is 0. The minimum Gasteiger partial charge on any atom is -0.382 e. The van der Waals surface area contributed by atoms with Crippen molar-refractivity contribution in [1.29, 1.82) is 0 Å². The number of hydrogen-bond acceptors (Lipinski definition) is 5. The van der Waals surface area contributed by atoms with Crippen LogP contribution in [0.4, 0.5) is 0 Å². The maximum Gasteiger partial charge on any atom is 0.191 e. The van der Waals surface area contributed by atoms with E-state index < -0.39 is 0 Å². The van der Waals surface area contributed by atoms with Gasteiger partial charge >= 0.3 is 0 Å². The second-order valence-electron chi connectivity index (χ2n) is 6.12. The normalized spacial score (nSPS) is 12.9. The maximum absolute atomic E-state index is 5.41. The number of nitrogens with zero attached hydrogens (tertiary/aromatic N) is 4. The van der Waals surface area contributed by atoms with Crippen LogP contribution >= 0.6 is 11.3 Å². The molecule has 8 heteroatoms. The van der Waals surface area contributed by atoms with Crippen LogP contribution in [0.3, 0.4) is 0 Å². The van der Waals surface area contributed by atoms with E-state index in [2.05, 4.69) is 56.8 Å². The first-order valence-corrected chi connectivity index (χ1v) is 10.7. The van der Waals surface area contributed by atoms with Gasteiger partial charge in [0.05, 0.1) is 6.04 Å². The maximum atomic E-state index is 5.41. The van der Waals surface area contributed by atoms with Crippen LogP contribution in [-0.2, 0) is 17.7 Å². The third-order valence-corrected chi connectivity index (χ3v) is 5.17.